The minimum absolute atomic E-state index is 0.224. The van der Waals surface area contributed by atoms with E-state index in [2.05, 4.69) is 51.4 Å². The third-order valence-electron chi connectivity index (χ3n) is 5.53. The summed E-state index contributed by atoms with van der Waals surface area (Å²) < 4.78 is 1.80. The zero-order chi connectivity index (χ0) is 21.1. The molecule has 1 amide bonds. The second-order valence-corrected chi connectivity index (χ2v) is 7.95. The average molecular weight is 405 g/mol. The van der Waals surface area contributed by atoms with Crippen LogP contribution in [0.25, 0.3) is 5.82 Å². The van der Waals surface area contributed by atoms with Gasteiger partial charge < -0.3 is 9.80 Å². The number of benzene rings is 1. The van der Waals surface area contributed by atoms with Gasteiger partial charge in [-0.05, 0) is 51.0 Å². The van der Waals surface area contributed by atoms with Gasteiger partial charge in [0.15, 0.2) is 11.6 Å². The van der Waals surface area contributed by atoms with Crippen LogP contribution in [0.2, 0.25) is 0 Å². The highest BCUT2D eigenvalue weighted by Crippen LogP contribution is 2.16. The maximum atomic E-state index is 12.6. The fraction of sp³-hybridized carbons (Fsp3) is 0.391. The van der Waals surface area contributed by atoms with Gasteiger partial charge in [-0.1, -0.05) is 29.8 Å². The molecule has 0 N–H and O–H groups in total. The highest BCUT2D eigenvalue weighted by molar-refractivity contribution is 5.76. The minimum atomic E-state index is 0.224. The van der Waals surface area contributed by atoms with Crippen LogP contribution in [-0.4, -0.2) is 57.0 Å². The summed E-state index contributed by atoms with van der Waals surface area (Å²) in [5.41, 5.74) is 4.45. The fourth-order valence-electron chi connectivity index (χ4n) is 3.92. The number of hydrogen-bond donors (Lipinski definition) is 0. The van der Waals surface area contributed by atoms with E-state index in [0.717, 1.165) is 36.7 Å². The van der Waals surface area contributed by atoms with Gasteiger partial charge in [0, 0.05) is 38.3 Å². The molecule has 1 fully saturated rings. The fourth-order valence-corrected chi connectivity index (χ4v) is 3.92. The number of amides is 1. The highest BCUT2D eigenvalue weighted by Gasteiger charge is 2.22. The van der Waals surface area contributed by atoms with Gasteiger partial charge in [-0.25, -0.2) is 4.68 Å². The SMILES string of the molecule is Cc1cccc(CCC(=O)N2CCN(c3ccc(-n4nc(C)cc4C)nn3)CC2)c1. The lowest BCUT2D eigenvalue weighted by molar-refractivity contribution is -0.131. The van der Waals surface area contributed by atoms with Gasteiger partial charge in [0.25, 0.3) is 0 Å². The number of carbonyl (C=O) groups is 1. The summed E-state index contributed by atoms with van der Waals surface area (Å²) in [5.74, 6) is 1.78. The maximum absolute atomic E-state index is 12.6. The summed E-state index contributed by atoms with van der Waals surface area (Å²) in [4.78, 5) is 16.7. The van der Waals surface area contributed by atoms with E-state index in [1.807, 2.05) is 36.9 Å². The topological polar surface area (TPSA) is 67.2 Å². The molecule has 0 spiro atoms. The van der Waals surface area contributed by atoms with E-state index in [9.17, 15) is 4.79 Å². The molecule has 7 nitrogen and oxygen atoms in total. The molecule has 7 heteroatoms. The van der Waals surface area contributed by atoms with E-state index in [4.69, 9.17) is 0 Å². The number of hydrogen-bond acceptors (Lipinski definition) is 5. The van der Waals surface area contributed by atoms with E-state index >= 15 is 0 Å². The molecule has 3 heterocycles. The molecule has 1 aliphatic rings. The molecule has 2 aromatic heterocycles. The second kappa shape index (κ2) is 8.65. The molecule has 1 aliphatic heterocycles. The van der Waals surface area contributed by atoms with Crippen molar-refractivity contribution in [3.8, 4) is 5.82 Å². The summed E-state index contributed by atoms with van der Waals surface area (Å²) in [6.07, 6.45) is 1.35. The molecule has 0 atom stereocenters. The average Bonchev–Trinajstić information content (AvgIpc) is 3.10. The first kappa shape index (κ1) is 20.1. The first-order valence-electron chi connectivity index (χ1n) is 10.5. The van der Waals surface area contributed by atoms with E-state index in [1.165, 1.54) is 11.1 Å². The van der Waals surface area contributed by atoms with Crippen LogP contribution in [0.3, 0.4) is 0 Å². The first-order valence-corrected chi connectivity index (χ1v) is 10.5. The summed E-state index contributed by atoms with van der Waals surface area (Å²) in [5, 5.41) is 13.2. The number of aryl methyl sites for hydroxylation is 4. The number of rotatable bonds is 5. The molecule has 1 aromatic carbocycles. The predicted molar refractivity (Wildman–Crippen MR) is 117 cm³/mol. The van der Waals surface area contributed by atoms with Gasteiger partial charge in [0.2, 0.25) is 5.91 Å². The molecule has 0 aliphatic carbocycles. The number of aromatic nitrogens is 4. The molecule has 30 heavy (non-hydrogen) atoms. The van der Waals surface area contributed by atoms with Crippen LogP contribution in [0.4, 0.5) is 5.82 Å². The van der Waals surface area contributed by atoms with Crippen molar-refractivity contribution >= 4 is 11.7 Å². The smallest absolute Gasteiger partial charge is 0.223 e. The van der Waals surface area contributed by atoms with Crippen LogP contribution in [0.5, 0.6) is 0 Å². The molecule has 0 radical (unpaired) electrons. The second-order valence-electron chi connectivity index (χ2n) is 7.95. The van der Waals surface area contributed by atoms with Gasteiger partial charge in [-0.15, -0.1) is 10.2 Å². The molecular weight excluding hydrogens is 376 g/mol. The Hall–Kier alpha value is -3.22. The van der Waals surface area contributed by atoms with Crippen molar-refractivity contribution in [2.45, 2.75) is 33.6 Å². The van der Waals surface area contributed by atoms with Crippen LogP contribution in [-0.2, 0) is 11.2 Å². The summed E-state index contributed by atoms with van der Waals surface area (Å²) in [7, 11) is 0. The Morgan fingerprint density at radius 3 is 2.30 bits per heavy atom. The van der Waals surface area contributed by atoms with Gasteiger partial charge in [0.05, 0.1) is 5.69 Å². The molecule has 0 unspecified atom stereocenters. The maximum Gasteiger partial charge on any atom is 0.223 e. The van der Waals surface area contributed by atoms with Gasteiger partial charge in [-0.2, -0.15) is 5.10 Å². The van der Waals surface area contributed by atoms with Crippen LogP contribution in [0.15, 0.2) is 42.5 Å². The van der Waals surface area contributed by atoms with Crippen molar-refractivity contribution in [1.29, 1.82) is 0 Å². The van der Waals surface area contributed by atoms with Crippen molar-refractivity contribution in [3.05, 3.63) is 65.0 Å². The van der Waals surface area contributed by atoms with Gasteiger partial charge in [0.1, 0.15) is 0 Å². The molecule has 156 valence electrons. The lowest BCUT2D eigenvalue weighted by Crippen LogP contribution is -2.49. The zero-order valence-electron chi connectivity index (χ0n) is 17.9. The third-order valence-corrected chi connectivity index (χ3v) is 5.53. The Kier molecular flexibility index (Phi) is 5.79. The van der Waals surface area contributed by atoms with E-state index in [0.29, 0.717) is 25.3 Å². The minimum Gasteiger partial charge on any atom is -0.352 e. The summed E-state index contributed by atoms with van der Waals surface area (Å²) in [6.45, 7) is 9.02. The van der Waals surface area contributed by atoms with E-state index in [1.54, 1.807) is 4.68 Å². The van der Waals surface area contributed by atoms with Crippen molar-refractivity contribution in [2.75, 3.05) is 31.1 Å². The van der Waals surface area contributed by atoms with Crippen LogP contribution >= 0.6 is 0 Å². The number of nitrogens with zero attached hydrogens (tertiary/aromatic N) is 6. The Morgan fingerprint density at radius 1 is 0.933 bits per heavy atom. The molecule has 0 bridgehead atoms. The van der Waals surface area contributed by atoms with Crippen molar-refractivity contribution in [3.63, 3.8) is 0 Å². The Morgan fingerprint density at radius 2 is 1.67 bits per heavy atom. The van der Waals surface area contributed by atoms with Crippen molar-refractivity contribution in [2.24, 2.45) is 0 Å². The van der Waals surface area contributed by atoms with Crippen molar-refractivity contribution < 1.29 is 4.79 Å². The molecule has 4 rings (SSSR count). The standard InChI is InChI=1S/C23H28N6O/c1-17-5-4-6-20(15-17)7-10-23(30)28-13-11-27(12-14-28)21-8-9-22(25-24-21)29-19(3)16-18(2)26-29/h4-6,8-9,15-16H,7,10-14H2,1-3H3. The van der Waals surface area contributed by atoms with E-state index in [-0.39, 0.29) is 5.91 Å². The van der Waals surface area contributed by atoms with E-state index < -0.39 is 0 Å². The first-order chi connectivity index (χ1) is 14.5. The van der Waals surface area contributed by atoms with Crippen molar-refractivity contribution in [1.82, 2.24) is 24.9 Å². The van der Waals surface area contributed by atoms with Crippen LogP contribution in [0.1, 0.15) is 28.9 Å². The lowest BCUT2D eigenvalue weighted by Gasteiger charge is -2.35. The zero-order valence-corrected chi connectivity index (χ0v) is 17.9. The number of anilines is 1. The molecule has 0 saturated carbocycles. The Labute approximate surface area is 177 Å². The monoisotopic (exact) mass is 404 g/mol. The number of piperazine rings is 1. The quantitative estimate of drug-likeness (QED) is 0.654. The van der Waals surface area contributed by atoms with Crippen LogP contribution in [0, 0.1) is 20.8 Å². The van der Waals surface area contributed by atoms with Crippen LogP contribution < -0.4 is 4.90 Å². The van der Waals surface area contributed by atoms with Gasteiger partial charge >= 0.3 is 0 Å². The van der Waals surface area contributed by atoms with Gasteiger partial charge in [-0.3, -0.25) is 4.79 Å². The Bertz CT molecular complexity index is 1020. The highest BCUT2D eigenvalue weighted by atomic mass is 16.2. The largest absolute Gasteiger partial charge is 0.352 e. The molecule has 1 saturated heterocycles. The lowest BCUT2D eigenvalue weighted by atomic mass is 10.1. The number of carbonyl (C=O) groups excluding carboxylic acids is 1. The Balaban J connectivity index is 1.30. The molecule has 3 aromatic rings. The normalized spacial score (nSPS) is 14.2. The molecular formula is C23H28N6O. The third kappa shape index (κ3) is 4.50. The predicted octanol–water partition coefficient (Wildman–Crippen LogP) is 2.87. The summed E-state index contributed by atoms with van der Waals surface area (Å²) >= 11 is 0. The summed E-state index contributed by atoms with van der Waals surface area (Å²) in [6, 6.07) is 14.3.